The first-order valence-electron chi connectivity index (χ1n) is 5.42. The largest absolute Gasteiger partial charge is 0.418 e. The van der Waals surface area contributed by atoms with E-state index >= 15 is 0 Å². The van der Waals surface area contributed by atoms with Crippen LogP contribution in [-0.2, 0) is 11.0 Å². The summed E-state index contributed by atoms with van der Waals surface area (Å²) < 4.78 is 38.8. The number of nitrogens with zero attached hydrogens (tertiary/aromatic N) is 1. The first-order valence-corrected chi connectivity index (χ1v) is 5.85. The fourth-order valence-corrected chi connectivity index (χ4v) is 2.40. The van der Waals surface area contributed by atoms with E-state index in [9.17, 15) is 18.0 Å². The summed E-state index contributed by atoms with van der Waals surface area (Å²) in [6.07, 6.45) is -4.40. The van der Waals surface area contributed by atoms with Crippen molar-refractivity contribution < 1.29 is 18.0 Å². The molecule has 1 saturated heterocycles. The van der Waals surface area contributed by atoms with E-state index in [0.29, 0.717) is 5.56 Å². The molecule has 2 nitrogen and oxygen atoms in total. The van der Waals surface area contributed by atoms with Gasteiger partial charge in [0, 0.05) is 13.0 Å². The number of benzene rings is 1. The van der Waals surface area contributed by atoms with Gasteiger partial charge in [0.1, 0.15) is 0 Å². The Morgan fingerprint density at radius 3 is 2.56 bits per heavy atom. The molecule has 6 heteroatoms. The molecule has 0 N–H and O–H groups in total. The highest BCUT2D eigenvalue weighted by Gasteiger charge is 2.39. The van der Waals surface area contributed by atoms with E-state index in [1.807, 2.05) is 0 Å². The molecule has 1 aliphatic rings. The van der Waals surface area contributed by atoms with Crippen LogP contribution in [0.5, 0.6) is 0 Å². The molecule has 1 unspecified atom stereocenters. The number of hydrogen-bond acceptors (Lipinski definition) is 1. The van der Waals surface area contributed by atoms with Crippen LogP contribution in [0.25, 0.3) is 0 Å². The predicted octanol–water partition coefficient (Wildman–Crippen LogP) is 3.36. The molecule has 0 bridgehead atoms. The Bertz CT molecular complexity index is 487. The van der Waals surface area contributed by atoms with Gasteiger partial charge < -0.3 is 4.90 Å². The number of hydrogen-bond donors (Lipinski definition) is 0. The van der Waals surface area contributed by atoms with Crippen LogP contribution < -0.4 is 4.90 Å². The number of carbonyl (C=O) groups is 1. The summed E-state index contributed by atoms with van der Waals surface area (Å²) in [7, 11) is 0. The second-order valence-electron chi connectivity index (χ2n) is 4.27. The molecule has 0 spiro atoms. The molecule has 0 aromatic heterocycles. The van der Waals surface area contributed by atoms with Gasteiger partial charge >= 0.3 is 6.18 Å². The average Bonchev–Trinajstić information content (AvgIpc) is 2.56. The highest BCUT2D eigenvalue weighted by Crippen LogP contribution is 2.40. The van der Waals surface area contributed by atoms with Crippen LogP contribution in [0.15, 0.2) is 18.2 Å². The molecule has 0 aliphatic carbocycles. The Morgan fingerprint density at radius 2 is 2.06 bits per heavy atom. The molecular weight excluding hydrogens is 267 g/mol. The van der Waals surface area contributed by atoms with Gasteiger partial charge in [-0.2, -0.15) is 13.2 Å². The molecule has 0 radical (unpaired) electrons. The van der Waals surface area contributed by atoms with Crippen LogP contribution in [0.3, 0.4) is 0 Å². The zero-order valence-electron chi connectivity index (χ0n) is 9.59. The lowest BCUT2D eigenvalue weighted by Crippen LogP contribution is -2.28. The third-order valence-corrected chi connectivity index (χ3v) is 3.18. The van der Waals surface area contributed by atoms with Crippen molar-refractivity contribution >= 4 is 23.2 Å². The van der Waals surface area contributed by atoms with Gasteiger partial charge in [-0.05, 0) is 18.6 Å². The summed E-state index contributed by atoms with van der Waals surface area (Å²) in [5.41, 5.74) is -0.441. The Labute approximate surface area is 107 Å². The normalized spacial score (nSPS) is 20.6. The number of anilines is 1. The van der Waals surface area contributed by atoms with E-state index in [2.05, 4.69) is 0 Å². The minimum absolute atomic E-state index is 0.0712. The fourth-order valence-electron chi connectivity index (χ4n) is 2.13. The van der Waals surface area contributed by atoms with Crippen LogP contribution in [0.4, 0.5) is 18.9 Å². The Hall–Kier alpha value is -1.23. The standard InChI is InChI=1S/C12H11ClF3NO/c1-7-3-2-4-9(12(14,15)16)11(7)17-6-8(13)5-10(17)18/h2-4,8H,5-6H2,1H3. The van der Waals surface area contributed by atoms with Gasteiger partial charge in [-0.15, -0.1) is 11.6 Å². The summed E-state index contributed by atoms with van der Waals surface area (Å²) in [6.45, 7) is 1.67. The van der Waals surface area contributed by atoms with Crippen molar-refractivity contribution in [3.63, 3.8) is 0 Å². The molecule has 0 saturated carbocycles. The Morgan fingerprint density at radius 1 is 1.39 bits per heavy atom. The third-order valence-electron chi connectivity index (χ3n) is 2.89. The van der Waals surface area contributed by atoms with Crippen molar-refractivity contribution in [1.82, 2.24) is 0 Å². The lowest BCUT2D eigenvalue weighted by atomic mass is 10.1. The van der Waals surface area contributed by atoms with Gasteiger partial charge in [0.05, 0.1) is 16.6 Å². The molecule has 98 valence electrons. The summed E-state index contributed by atoms with van der Waals surface area (Å²) in [5, 5.41) is -0.432. The maximum atomic E-state index is 12.9. The lowest BCUT2D eigenvalue weighted by Gasteiger charge is -2.23. The Balaban J connectivity index is 2.53. The minimum Gasteiger partial charge on any atom is -0.310 e. The fraction of sp³-hybridized carbons (Fsp3) is 0.417. The van der Waals surface area contributed by atoms with Crippen LogP contribution in [-0.4, -0.2) is 17.8 Å². The second-order valence-corrected chi connectivity index (χ2v) is 4.89. The molecule has 1 atom stereocenters. The molecule has 18 heavy (non-hydrogen) atoms. The summed E-state index contributed by atoms with van der Waals surface area (Å²) >= 11 is 5.83. The number of alkyl halides is 4. The number of aryl methyl sites for hydroxylation is 1. The molecule has 1 amide bonds. The summed E-state index contributed by atoms with van der Waals surface area (Å²) in [6, 6.07) is 3.87. The first-order chi connectivity index (χ1) is 8.30. The van der Waals surface area contributed by atoms with Crippen molar-refractivity contribution in [1.29, 1.82) is 0 Å². The van der Waals surface area contributed by atoms with Crippen LogP contribution in [0, 0.1) is 6.92 Å². The minimum atomic E-state index is -4.48. The van der Waals surface area contributed by atoms with E-state index in [0.717, 1.165) is 11.0 Å². The van der Waals surface area contributed by atoms with Gasteiger partial charge in [-0.3, -0.25) is 4.79 Å². The van der Waals surface area contributed by atoms with Crippen LogP contribution >= 0.6 is 11.6 Å². The van der Waals surface area contributed by atoms with Gasteiger partial charge in [0.25, 0.3) is 0 Å². The van der Waals surface area contributed by atoms with Gasteiger partial charge in [0.2, 0.25) is 5.91 Å². The van der Waals surface area contributed by atoms with E-state index < -0.39 is 17.1 Å². The van der Waals surface area contributed by atoms with Crippen LogP contribution in [0.2, 0.25) is 0 Å². The zero-order chi connectivity index (χ0) is 13.5. The van der Waals surface area contributed by atoms with Crippen LogP contribution in [0.1, 0.15) is 17.5 Å². The molecule has 1 aromatic carbocycles. The summed E-state index contributed by atoms with van der Waals surface area (Å²) in [4.78, 5) is 12.8. The number of rotatable bonds is 1. The summed E-state index contributed by atoms with van der Waals surface area (Å²) in [5.74, 6) is -0.366. The molecular formula is C12H11ClF3NO. The highest BCUT2D eigenvalue weighted by atomic mass is 35.5. The lowest BCUT2D eigenvalue weighted by molar-refractivity contribution is -0.137. The van der Waals surface area contributed by atoms with Crippen molar-refractivity contribution in [2.75, 3.05) is 11.4 Å². The monoisotopic (exact) mass is 277 g/mol. The SMILES string of the molecule is Cc1cccc(C(F)(F)F)c1N1CC(Cl)CC1=O. The van der Waals surface area contributed by atoms with Gasteiger partial charge in [-0.25, -0.2) is 0 Å². The molecule has 1 heterocycles. The maximum Gasteiger partial charge on any atom is 0.418 e. The van der Waals surface area contributed by atoms with E-state index in [1.54, 1.807) is 13.0 Å². The molecule has 1 fully saturated rings. The maximum absolute atomic E-state index is 12.9. The van der Waals surface area contributed by atoms with E-state index in [4.69, 9.17) is 11.6 Å². The quantitative estimate of drug-likeness (QED) is 0.721. The number of amides is 1. The third kappa shape index (κ3) is 2.32. The van der Waals surface area contributed by atoms with Crippen molar-refractivity contribution in [2.24, 2.45) is 0 Å². The molecule has 1 aromatic rings. The van der Waals surface area contributed by atoms with Crippen molar-refractivity contribution in [2.45, 2.75) is 24.9 Å². The molecule has 2 rings (SSSR count). The van der Waals surface area contributed by atoms with Crippen molar-refractivity contribution in [3.8, 4) is 0 Å². The highest BCUT2D eigenvalue weighted by molar-refractivity contribution is 6.24. The zero-order valence-corrected chi connectivity index (χ0v) is 10.3. The number of carbonyl (C=O) groups excluding carboxylic acids is 1. The topological polar surface area (TPSA) is 20.3 Å². The number of para-hydroxylation sites is 1. The predicted molar refractivity (Wildman–Crippen MR) is 62.8 cm³/mol. The Kier molecular flexibility index (Phi) is 3.27. The average molecular weight is 278 g/mol. The first kappa shape index (κ1) is 13.2. The second kappa shape index (κ2) is 4.46. The van der Waals surface area contributed by atoms with Gasteiger partial charge in [0.15, 0.2) is 0 Å². The van der Waals surface area contributed by atoms with E-state index in [1.165, 1.54) is 6.07 Å². The molecule has 1 aliphatic heterocycles. The number of halogens is 4. The van der Waals surface area contributed by atoms with E-state index in [-0.39, 0.29) is 24.6 Å². The smallest absolute Gasteiger partial charge is 0.310 e. The van der Waals surface area contributed by atoms with Gasteiger partial charge in [-0.1, -0.05) is 12.1 Å². The van der Waals surface area contributed by atoms with Crippen molar-refractivity contribution in [3.05, 3.63) is 29.3 Å².